The maximum absolute atomic E-state index is 5.43. The van der Waals surface area contributed by atoms with E-state index in [0.717, 1.165) is 24.6 Å². The van der Waals surface area contributed by atoms with Crippen molar-refractivity contribution in [2.24, 2.45) is 0 Å². The summed E-state index contributed by atoms with van der Waals surface area (Å²) < 4.78 is 0. The van der Waals surface area contributed by atoms with Gasteiger partial charge in [-0.2, -0.15) is 0 Å². The molecule has 1 aliphatic heterocycles. The third-order valence-corrected chi connectivity index (χ3v) is 3.25. The van der Waals surface area contributed by atoms with Crippen LogP contribution in [0.25, 0.3) is 0 Å². The lowest BCUT2D eigenvalue weighted by molar-refractivity contribution is 0.757. The normalized spacial score (nSPS) is 14.4. The lowest BCUT2D eigenvalue weighted by Gasteiger charge is -2.31. The minimum atomic E-state index is 0.869. The molecule has 0 fully saturated rings. The Hall–Kier alpha value is -1.09. The van der Waals surface area contributed by atoms with Crippen molar-refractivity contribution in [1.29, 1.82) is 0 Å². The highest BCUT2D eigenvalue weighted by Gasteiger charge is 2.18. The summed E-state index contributed by atoms with van der Waals surface area (Å²) in [5.41, 5.74) is 2.69. The van der Waals surface area contributed by atoms with Crippen LogP contribution in [0.5, 0.6) is 0 Å². The Balaban J connectivity index is 2.15. The van der Waals surface area contributed by atoms with Crippen LogP contribution in [0.3, 0.4) is 0 Å². The van der Waals surface area contributed by atoms with Crippen LogP contribution >= 0.6 is 12.2 Å². The Bertz CT molecular complexity index is 376. The maximum atomic E-state index is 5.43. The summed E-state index contributed by atoms with van der Waals surface area (Å²) in [5.74, 6) is 0. The van der Waals surface area contributed by atoms with E-state index in [1.807, 2.05) is 0 Å². The third kappa shape index (κ3) is 2.35. The zero-order valence-electron chi connectivity index (χ0n) is 9.70. The van der Waals surface area contributed by atoms with Crippen molar-refractivity contribution in [1.82, 2.24) is 5.32 Å². The van der Waals surface area contributed by atoms with E-state index >= 15 is 0 Å². The van der Waals surface area contributed by atoms with Gasteiger partial charge < -0.3 is 10.2 Å². The molecule has 0 unspecified atom stereocenters. The van der Waals surface area contributed by atoms with Gasteiger partial charge >= 0.3 is 0 Å². The molecular formula is C13H18N2S. The molecule has 0 saturated heterocycles. The molecule has 0 saturated carbocycles. The number of fused-ring (bicyclic) bond motifs is 1. The summed E-state index contributed by atoms with van der Waals surface area (Å²) in [5, 5.41) is 4.17. The fourth-order valence-electron chi connectivity index (χ4n) is 2.07. The number of rotatable bonds is 2. The van der Waals surface area contributed by atoms with Crippen molar-refractivity contribution in [3.05, 3.63) is 29.8 Å². The van der Waals surface area contributed by atoms with Crippen LogP contribution in [-0.4, -0.2) is 18.2 Å². The fourth-order valence-corrected chi connectivity index (χ4v) is 2.36. The van der Waals surface area contributed by atoms with Gasteiger partial charge in [0, 0.05) is 18.8 Å². The second-order valence-corrected chi connectivity index (χ2v) is 4.50. The molecule has 1 aromatic carbocycles. The second-order valence-electron chi connectivity index (χ2n) is 4.12. The molecule has 1 aromatic rings. The van der Waals surface area contributed by atoms with Gasteiger partial charge in [-0.3, -0.25) is 0 Å². The topological polar surface area (TPSA) is 15.3 Å². The minimum absolute atomic E-state index is 0.869. The summed E-state index contributed by atoms with van der Waals surface area (Å²) in [6, 6.07) is 8.54. The lowest BCUT2D eigenvalue weighted by atomic mass is 10.0. The van der Waals surface area contributed by atoms with E-state index in [0.29, 0.717) is 0 Å². The largest absolute Gasteiger partial charge is 0.362 e. The van der Waals surface area contributed by atoms with E-state index < -0.39 is 0 Å². The van der Waals surface area contributed by atoms with Gasteiger partial charge in [0.2, 0.25) is 0 Å². The fraction of sp³-hybridized carbons (Fsp3) is 0.462. The molecule has 0 aromatic heterocycles. The molecule has 2 nitrogen and oxygen atoms in total. The molecule has 0 aliphatic carbocycles. The van der Waals surface area contributed by atoms with Crippen LogP contribution in [0.4, 0.5) is 5.69 Å². The number of para-hydroxylation sites is 1. The Morgan fingerprint density at radius 2 is 2.25 bits per heavy atom. The summed E-state index contributed by atoms with van der Waals surface area (Å²) in [6.07, 6.45) is 3.46. The molecule has 0 atom stereocenters. The van der Waals surface area contributed by atoms with Crippen LogP contribution in [0.15, 0.2) is 24.3 Å². The molecule has 0 amide bonds. The zero-order chi connectivity index (χ0) is 11.4. The average Bonchev–Trinajstić information content (AvgIpc) is 2.35. The number of thiocarbonyl (C=S) groups is 1. The van der Waals surface area contributed by atoms with Gasteiger partial charge in [0.05, 0.1) is 0 Å². The van der Waals surface area contributed by atoms with Crippen LogP contribution < -0.4 is 10.2 Å². The summed E-state index contributed by atoms with van der Waals surface area (Å²) in [7, 11) is 0. The first-order chi connectivity index (χ1) is 7.83. The molecule has 1 N–H and O–H groups in total. The van der Waals surface area contributed by atoms with Crippen LogP contribution in [0, 0.1) is 0 Å². The molecule has 0 bridgehead atoms. The summed E-state index contributed by atoms with van der Waals surface area (Å²) in [6.45, 7) is 4.14. The Morgan fingerprint density at radius 1 is 1.44 bits per heavy atom. The van der Waals surface area contributed by atoms with Gasteiger partial charge in [-0.25, -0.2) is 0 Å². The van der Waals surface area contributed by atoms with Gasteiger partial charge in [-0.1, -0.05) is 25.1 Å². The molecule has 86 valence electrons. The molecule has 0 radical (unpaired) electrons. The highest BCUT2D eigenvalue weighted by molar-refractivity contribution is 7.80. The second kappa shape index (κ2) is 5.30. The van der Waals surface area contributed by atoms with E-state index in [9.17, 15) is 0 Å². The Morgan fingerprint density at radius 3 is 3.06 bits per heavy atom. The van der Waals surface area contributed by atoms with Gasteiger partial charge in [0.25, 0.3) is 0 Å². The number of nitrogens with zero attached hydrogens (tertiary/aromatic N) is 1. The summed E-state index contributed by atoms with van der Waals surface area (Å²) in [4.78, 5) is 2.23. The predicted molar refractivity (Wildman–Crippen MR) is 73.0 cm³/mol. The molecule has 1 aliphatic rings. The van der Waals surface area contributed by atoms with Crippen LogP contribution in [-0.2, 0) is 6.42 Å². The standard InChI is InChI=1S/C13H18N2S/c1-2-9-14-13(16)15-10-5-7-11-6-3-4-8-12(11)15/h3-4,6,8H,2,5,7,9-10H2,1H3,(H,14,16). The van der Waals surface area contributed by atoms with Crippen molar-refractivity contribution >= 4 is 23.0 Å². The first-order valence-electron chi connectivity index (χ1n) is 5.96. The smallest absolute Gasteiger partial charge is 0.173 e. The van der Waals surface area contributed by atoms with E-state index in [-0.39, 0.29) is 0 Å². The molecular weight excluding hydrogens is 216 g/mol. The van der Waals surface area contributed by atoms with Crippen molar-refractivity contribution in [2.45, 2.75) is 26.2 Å². The molecule has 2 rings (SSSR count). The molecule has 0 spiro atoms. The Labute approximate surface area is 103 Å². The predicted octanol–water partition coefficient (Wildman–Crippen LogP) is 2.72. The van der Waals surface area contributed by atoms with Crippen molar-refractivity contribution in [3.63, 3.8) is 0 Å². The number of nitrogens with one attached hydrogen (secondary N) is 1. The third-order valence-electron chi connectivity index (χ3n) is 2.88. The summed E-state index contributed by atoms with van der Waals surface area (Å²) >= 11 is 5.43. The number of benzene rings is 1. The molecule has 3 heteroatoms. The lowest BCUT2D eigenvalue weighted by Crippen LogP contribution is -2.42. The van der Waals surface area contributed by atoms with Gasteiger partial charge in [-0.05, 0) is 43.1 Å². The molecule has 1 heterocycles. The number of anilines is 1. The molecule has 16 heavy (non-hydrogen) atoms. The minimum Gasteiger partial charge on any atom is -0.362 e. The van der Waals surface area contributed by atoms with Crippen molar-refractivity contribution in [2.75, 3.05) is 18.0 Å². The van der Waals surface area contributed by atoms with Gasteiger partial charge in [0.1, 0.15) is 0 Å². The van der Waals surface area contributed by atoms with Crippen LogP contribution in [0.1, 0.15) is 25.3 Å². The first-order valence-corrected chi connectivity index (χ1v) is 6.37. The Kier molecular flexibility index (Phi) is 3.78. The van der Waals surface area contributed by atoms with Crippen LogP contribution in [0.2, 0.25) is 0 Å². The zero-order valence-corrected chi connectivity index (χ0v) is 10.5. The quantitative estimate of drug-likeness (QED) is 0.792. The SMILES string of the molecule is CCCNC(=S)N1CCCc2ccccc21. The van der Waals surface area contributed by atoms with E-state index in [1.165, 1.54) is 24.1 Å². The number of hydrogen-bond acceptors (Lipinski definition) is 1. The monoisotopic (exact) mass is 234 g/mol. The van der Waals surface area contributed by atoms with Gasteiger partial charge in [0.15, 0.2) is 5.11 Å². The van der Waals surface area contributed by atoms with E-state index in [1.54, 1.807) is 0 Å². The van der Waals surface area contributed by atoms with Crippen molar-refractivity contribution in [3.8, 4) is 0 Å². The average molecular weight is 234 g/mol. The first kappa shape index (κ1) is 11.4. The van der Waals surface area contributed by atoms with Crippen molar-refractivity contribution < 1.29 is 0 Å². The number of aryl methyl sites for hydroxylation is 1. The highest BCUT2D eigenvalue weighted by Crippen LogP contribution is 2.26. The van der Waals surface area contributed by atoms with Gasteiger partial charge in [-0.15, -0.1) is 0 Å². The van der Waals surface area contributed by atoms with E-state index in [2.05, 4.69) is 41.4 Å². The highest BCUT2D eigenvalue weighted by atomic mass is 32.1. The van der Waals surface area contributed by atoms with E-state index in [4.69, 9.17) is 12.2 Å². The number of hydrogen-bond donors (Lipinski definition) is 1. The maximum Gasteiger partial charge on any atom is 0.173 e.